The number of hydrazine groups is 2. The maximum absolute atomic E-state index is 13.6. The first kappa shape index (κ1) is 62.2. The molecular formula is C43H64Cl2K2N4O8. The molecule has 0 fully saturated rings. The number of rotatable bonds is 11. The topological polar surface area (TPSA) is 158 Å². The predicted molar refractivity (Wildman–Crippen MR) is 228 cm³/mol. The van der Waals surface area contributed by atoms with Gasteiger partial charge in [0.2, 0.25) is 0 Å². The van der Waals surface area contributed by atoms with Gasteiger partial charge in [-0.05, 0) is 87.8 Å². The molecule has 0 saturated heterocycles. The van der Waals surface area contributed by atoms with Gasteiger partial charge in [-0.2, -0.15) is 0 Å². The number of aryl methyl sites for hydroxylation is 2. The van der Waals surface area contributed by atoms with E-state index in [2.05, 4.69) is 69.6 Å². The Labute approximate surface area is 449 Å². The summed E-state index contributed by atoms with van der Waals surface area (Å²) < 4.78 is 10.6. The molecule has 0 radical (unpaired) electrons. The van der Waals surface area contributed by atoms with Gasteiger partial charge in [0.25, 0.3) is 24.2 Å². The normalized spacial score (nSPS) is 11.3. The summed E-state index contributed by atoms with van der Waals surface area (Å²) in [6, 6.07) is 16.6. The maximum atomic E-state index is 13.6. The van der Waals surface area contributed by atoms with Crippen LogP contribution in [0.4, 0.5) is 0 Å². The monoisotopic (exact) mass is 912 g/mol. The summed E-state index contributed by atoms with van der Waals surface area (Å²) in [5, 5.41) is 10.1. The Morgan fingerprint density at radius 3 is 1.54 bits per heavy atom. The number of alkyl halides is 2. The summed E-state index contributed by atoms with van der Waals surface area (Å²) in [5.74, 6) is 0.687. The van der Waals surface area contributed by atoms with Crippen molar-refractivity contribution in [3.8, 4) is 11.5 Å². The van der Waals surface area contributed by atoms with E-state index in [1.807, 2.05) is 71.0 Å². The third-order valence-electron chi connectivity index (χ3n) is 8.96. The first-order chi connectivity index (χ1) is 26.6. The molecule has 0 bridgehead atoms. The van der Waals surface area contributed by atoms with Gasteiger partial charge in [-0.15, -0.1) is 23.2 Å². The van der Waals surface area contributed by atoms with Gasteiger partial charge >= 0.3 is 103 Å². The number of nitrogens with zero attached hydrogens (tertiary/aromatic N) is 1. The summed E-state index contributed by atoms with van der Waals surface area (Å²) in [6.45, 7) is 24.3. The third-order valence-corrected chi connectivity index (χ3v) is 8.96. The second-order valence-electron chi connectivity index (χ2n) is 15.3. The summed E-state index contributed by atoms with van der Waals surface area (Å²) >= 11 is 9.53. The van der Waals surface area contributed by atoms with E-state index in [4.69, 9.17) is 42.7 Å². The number of hydrogen-bond acceptors (Lipinski definition) is 9. The number of halogens is 2. The Morgan fingerprint density at radius 2 is 1.20 bits per heavy atom. The van der Waals surface area contributed by atoms with Crippen LogP contribution in [0, 0.1) is 38.5 Å². The van der Waals surface area contributed by atoms with E-state index < -0.39 is 0 Å². The molecule has 16 heteroatoms. The number of methoxy groups -OCH3 is 2. The Hall–Kier alpha value is -1.09. The van der Waals surface area contributed by atoms with Crippen LogP contribution in [0.1, 0.15) is 123 Å². The van der Waals surface area contributed by atoms with Gasteiger partial charge in [-0.25, -0.2) is 10.4 Å². The van der Waals surface area contributed by atoms with E-state index >= 15 is 0 Å². The molecule has 0 spiro atoms. The Balaban J connectivity index is -0.000000454. The number of hydrogen-bond donors (Lipinski definition) is 3. The van der Waals surface area contributed by atoms with Crippen molar-refractivity contribution < 1.29 is 143 Å². The van der Waals surface area contributed by atoms with Gasteiger partial charge < -0.3 is 21.0 Å². The van der Waals surface area contributed by atoms with Crippen molar-refractivity contribution in [3.63, 3.8) is 0 Å². The molecule has 3 rings (SSSR count). The molecular weight excluding hydrogens is 850 g/mol. The molecule has 12 nitrogen and oxygen atoms in total. The third kappa shape index (κ3) is 21.7. The second-order valence-corrected chi connectivity index (χ2v) is 16.1. The van der Waals surface area contributed by atoms with E-state index in [9.17, 15) is 14.4 Å². The molecule has 3 N–H and O–H groups in total. The van der Waals surface area contributed by atoms with Crippen LogP contribution in [0.25, 0.3) is 0 Å². The first-order valence-electron chi connectivity index (χ1n) is 18.5. The van der Waals surface area contributed by atoms with Crippen molar-refractivity contribution in [1.82, 2.24) is 21.3 Å². The maximum Gasteiger partial charge on any atom is 1.00 e. The van der Waals surface area contributed by atoms with E-state index in [1.165, 1.54) is 5.01 Å². The molecule has 59 heavy (non-hydrogen) atoms. The molecule has 320 valence electrons. The fraction of sp³-hybridized carbons (Fsp3) is 0.488. The van der Waals surface area contributed by atoms with Crippen molar-refractivity contribution in [2.75, 3.05) is 19.6 Å². The van der Waals surface area contributed by atoms with Gasteiger partial charge in [-0.1, -0.05) is 84.7 Å². The smallest absolute Gasteiger partial charge is 1.00 e. The number of benzene rings is 3. The zero-order valence-electron chi connectivity index (χ0n) is 39.0. The molecule has 3 aromatic carbocycles. The van der Waals surface area contributed by atoms with Crippen LogP contribution < -0.4 is 134 Å². The van der Waals surface area contributed by atoms with Crippen molar-refractivity contribution in [1.29, 1.82) is 0 Å². The molecule has 2 unspecified atom stereocenters. The largest absolute Gasteiger partial charge is 1.00 e. The molecule has 3 amide bonds. The van der Waals surface area contributed by atoms with Crippen LogP contribution in [0.2, 0.25) is 0 Å². The van der Waals surface area contributed by atoms with E-state index in [0.29, 0.717) is 28.9 Å². The van der Waals surface area contributed by atoms with E-state index in [0.717, 1.165) is 34.4 Å². The van der Waals surface area contributed by atoms with Crippen LogP contribution >= 0.6 is 23.2 Å². The minimum absolute atomic E-state index is 0. The summed E-state index contributed by atoms with van der Waals surface area (Å²) in [5.41, 5.74) is 14.0. The number of carbonyl (C=O) groups excluding carboxylic acids is 4. The molecule has 3 aromatic rings. The van der Waals surface area contributed by atoms with Crippen molar-refractivity contribution in [2.24, 2.45) is 10.8 Å². The van der Waals surface area contributed by atoms with E-state index in [-0.39, 0.29) is 157 Å². The van der Waals surface area contributed by atoms with Crippen molar-refractivity contribution in [3.05, 3.63) is 93.5 Å². The summed E-state index contributed by atoms with van der Waals surface area (Å²) in [4.78, 5) is 50.3. The van der Waals surface area contributed by atoms with Gasteiger partial charge in [0.05, 0.1) is 25.6 Å². The van der Waals surface area contributed by atoms with Gasteiger partial charge in [0.1, 0.15) is 11.5 Å². The molecule has 0 heterocycles. The molecule has 0 saturated carbocycles. The van der Waals surface area contributed by atoms with Crippen LogP contribution in [0.5, 0.6) is 11.5 Å². The average Bonchev–Trinajstić information content (AvgIpc) is 3.14. The standard InChI is InChI=1S/C25H34N2O3.C16H26N2O2.CH2Cl2.CH2O3.2K.H/c1-9-22(25(5,6)7)27(24(29)19-14-16(2)13-17(3)15-19)26-23(28)20-11-10-12-21(30-8)18(20)4;1-7-14(16(3,4)5)17-18-15(19)12-9-8-10-13(20-6)11(12)2;2-1-3;2-1-4-3;;;/h10-15,22H,9H2,1-8H3,(H,26,28);8-10,14,17H,7H2,1-6H3,(H,18,19);1H2;1,3H;;;/q;;;;2*+1;-1/p-1. The predicted octanol–water partition coefficient (Wildman–Crippen LogP) is 2.27. The van der Waals surface area contributed by atoms with Crippen LogP contribution in [-0.2, 0) is 9.68 Å². The van der Waals surface area contributed by atoms with Gasteiger partial charge in [-0.3, -0.25) is 30.0 Å². The summed E-state index contributed by atoms with van der Waals surface area (Å²) in [7, 11) is 3.18. The van der Waals surface area contributed by atoms with Crippen LogP contribution in [0.3, 0.4) is 0 Å². The fourth-order valence-electron chi connectivity index (χ4n) is 6.17. The molecule has 2 atom stereocenters. The van der Waals surface area contributed by atoms with Crippen molar-refractivity contribution in [2.45, 2.75) is 108 Å². The number of nitrogens with one attached hydrogen (secondary N) is 3. The SMILES string of the molecule is CCC(N(NC(=O)c1cccc(OC)c1C)C(=O)c1cc(C)cc(C)c1)C(C)(C)C.CCC(NNC(=O)c1cccc(OC)c1C)C(C)(C)C.ClCCl.O=CO[O-].[H-].[K+].[K+]. The van der Waals surface area contributed by atoms with Gasteiger partial charge in [0, 0.05) is 33.9 Å². The summed E-state index contributed by atoms with van der Waals surface area (Å²) in [6.07, 6.45) is 1.65. The number of ether oxygens (including phenoxy) is 2. The first-order valence-corrected chi connectivity index (χ1v) is 19.6. The minimum atomic E-state index is -0.327. The quantitative estimate of drug-likeness (QED) is 0.0864. The van der Waals surface area contributed by atoms with Crippen molar-refractivity contribution >= 4 is 47.4 Å². The second kappa shape index (κ2) is 31.7. The number of carbonyl (C=O) groups is 4. The Bertz CT molecular complexity index is 1720. The molecule has 0 aliphatic heterocycles. The molecule has 0 aromatic heterocycles. The Kier molecular flexibility index (Phi) is 33.4. The van der Waals surface area contributed by atoms with E-state index in [1.54, 1.807) is 32.4 Å². The number of amides is 3. The average molecular weight is 914 g/mol. The molecule has 0 aliphatic carbocycles. The fourth-order valence-corrected chi connectivity index (χ4v) is 6.17. The minimum Gasteiger partial charge on any atom is -1.00 e. The zero-order valence-corrected chi connectivity index (χ0v) is 45.8. The van der Waals surface area contributed by atoms with Crippen LogP contribution in [-0.4, -0.2) is 60.8 Å². The zero-order chi connectivity index (χ0) is 44.1. The van der Waals surface area contributed by atoms with Gasteiger partial charge in [0.15, 0.2) is 0 Å². The molecule has 0 aliphatic rings. The van der Waals surface area contributed by atoms with Crippen LogP contribution in [0.15, 0.2) is 54.6 Å². The Morgan fingerprint density at radius 1 is 0.780 bits per heavy atom.